The molecule has 4 aromatic rings. The summed E-state index contributed by atoms with van der Waals surface area (Å²) >= 11 is 0. The first-order valence-electron chi connectivity index (χ1n) is 7.52. The molecule has 124 valence electrons. The van der Waals surface area contributed by atoms with Gasteiger partial charge in [-0.25, -0.2) is 17.6 Å². The van der Waals surface area contributed by atoms with Gasteiger partial charge in [0.05, 0.1) is 11.1 Å². The van der Waals surface area contributed by atoms with Gasteiger partial charge < -0.3 is 4.98 Å². The average molecular weight is 341 g/mol. The van der Waals surface area contributed by atoms with E-state index in [1.807, 2.05) is 24.3 Å². The van der Waals surface area contributed by atoms with Gasteiger partial charge in [-0.15, -0.1) is 0 Å². The highest BCUT2D eigenvalue weighted by Crippen LogP contribution is 2.35. The third-order valence-electron chi connectivity index (χ3n) is 4.30. The lowest BCUT2D eigenvalue weighted by molar-refractivity contribution is 0.455. The molecule has 1 N–H and O–H groups in total. The normalized spacial score (nSPS) is 11.4. The second kappa shape index (κ2) is 5.48. The summed E-state index contributed by atoms with van der Waals surface area (Å²) in [6, 6.07) is 12.0. The van der Waals surface area contributed by atoms with Crippen LogP contribution in [0.15, 0.2) is 49.0 Å². The zero-order valence-electron chi connectivity index (χ0n) is 12.8. The Bertz CT molecular complexity index is 1130. The van der Waals surface area contributed by atoms with Gasteiger partial charge in [0.1, 0.15) is 0 Å². The van der Waals surface area contributed by atoms with Crippen LogP contribution in [0.2, 0.25) is 0 Å². The maximum atomic E-state index is 14.4. The Morgan fingerprint density at radius 3 is 2.08 bits per heavy atom. The van der Waals surface area contributed by atoms with Gasteiger partial charge in [0.2, 0.25) is 0 Å². The van der Waals surface area contributed by atoms with Crippen molar-refractivity contribution in [2.75, 3.05) is 0 Å². The van der Waals surface area contributed by atoms with E-state index in [9.17, 15) is 17.6 Å². The Morgan fingerprint density at radius 1 is 0.760 bits per heavy atom. The first-order valence-corrected chi connectivity index (χ1v) is 7.52. The third-order valence-corrected chi connectivity index (χ3v) is 4.30. The number of H-pyrrole nitrogens is 1. The molecule has 1 heterocycles. The van der Waals surface area contributed by atoms with Gasteiger partial charge in [-0.3, -0.25) is 0 Å². The number of nitrogens with one attached hydrogen (secondary N) is 1. The topological polar surface area (TPSA) is 15.8 Å². The number of rotatable bonds is 2. The molecule has 0 aliphatic rings. The third kappa shape index (κ3) is 2.16. The van der Waals surface area contributed by atoms with E-state index in [0.717, 1.165) is 22.5 Å². The fourth-order valence-corrected chi connectivity index (χ4v) is 3.08. The molecule has 0 fully saturated rings. The molecule has 0 aliphatic heterocycles. The second-order valence-corrected chi connectivity index (χ2v) is 5.68. The van der Waals surface area contributed by atoms with Crippen LogP contribution in [0.5, 0.6) is 0 Å². The summed E-state index contributed by atoms with van der Waals surface area (Å²) in [4.78, 5) is 3.18. The van der Waals surface area contributed by atoms with Crippen LogP contribution in [-0.4, -0.2) is 4.98 Å². The molecular weight excluding hydrogens is 330 g/mol. The Hall–Kier alpha value is -3.08. The average Bonchev–Trinajstić information content (AvgIpc) is 2.99. The number of hydrogen-bond donors (Lipinski definition) is 1. The van der Waals surface area contributed by atoms with E-state index in [1.54, 1.807) is 6.07 Å². The van der Waals surface area contributed by atoms with E-state index in [-0.39, 0.29) is 5.56 Å². The summed E-state index contributed by atoms with van der Waals surface area (Å²) in [5, 5.41) is 1.56. The van der Waals surface area contributed by atoms with E-state index in [2.05, 4.69) is 11.6 Å². The molecule has 0 spiro atoms. The van der Waals surface area contributed by atoms with Crippen molar-refractivity contribution in [1.29, 1.82) is 0 Å². The van der Waals surface area contributed by atoms with Crippen molar-refractivity contribution >= 4 is 27.9 Å². The fraction of sp³-hybridized carbons (Fsp3) is 0. The van der Waals surface area contributed by atoms with Gasteiger partial charge in [0, 0.05) is 21.8 Å². The van der Waals surface area contributed by atoms with E-state index in [4.69, 9.17) is 0 Å². The first-order chi connectivity index (χ1) is 12.0. The molecule has 0 aliphatic carbocycles. The number of aromatic nitrogens is 1. The molecule has 0 amide bonds. The van der Waals surface area contributed by atoms with Crippen molar-refractivity contribution in [3.63, 3.8) is 0 Å². The van der Waals surface area contributed by atoms with Crippen molar-refractivity contribution < 1.29 is 17.6 Å². The van der Waals surface area contributed by atoms with Crippen molar-refractivity contribution in [2.24, 2.45) is 0 Å². The predicted molar refractivity (Wildman–Crippen MR) is 91.2 cm³/mol. The highest BCUT2D eigenvalue weighted by molar-refractivity contribution is 6.08. The van der Waals surface area contributed by atoms with Crippen LogP contribution < -0.4 is 0 Å². The molecule has 0 unspecified atom stereocenters. The summed E-state index contributed by atoms with van der Waals surface area (Å²) in [6.45, 7) is 3.19. The maximum absolute atomic E-state index is 14.4. The summed E-state index contributed by atoms with van der Waals surface area (Å²) < 4.78 is 56.8. The van der Waals surface area contributed by atoms with Crippen LogP contribution in [-0.2, 0) is 0 Å². The van der Waals surface area contributed by atoms with Gasteiger partial charge in [0.15, 0.2) is 23.3 Å². The van der Waals surface area contributed by atoms with Crippen molar-refractivity contribution in [3.8, 4) is 11.1 Å². The van der Waals surface area contributed by atoms with Crippen LogP contribution in [0, 0.1) is 23.3 Å². The Morgan fingerprint density at radius 2 is 1.40 bits per heavy atom. The molecule has 0 saturated carbocycles. The number of aromatic amines is 1. The molecule has 3 aromatic carbocycles. The summed E-state index contributed by atoms with van der Waals surface area (Å²) in [6.07, 6.45) is 0.753. The zero-order valence-corrected chi connectivity index (χ0v) is 12.8. The maximum Gasteiger partial charge on any atom is 0.170 e. The fourth-order valence-electron chi connectivity index (χ4n) is 3.08. The van der Waals surface area contributed by atoms with Crippen LogP contribution in [0.4, 0.5) is 17.6 Å². The van der Waals surface area contributed by atoms with Crippen molar-refractivity contribution in [3.05, 3.63) is 77.9 Å². The summed E-state index contributed by atoms with van der Waals surface area (Å²) in [7, 11) is 0. The SMILES string of the molecule is C=Cc1c(F)c(F)c(-c2ccc3[nH]c4ccccc4c3c2)c(F)c1F. The number of fused-ring (bicyclic) bond motifs is 3. The number of hydrogen-bond acceptors (Lipinski definition) is 0. The first kappa shape index (κ1) is 15.4. The highest BCUT2D eigenvalue weighted by atomic mass is 19.2. The monoisotopic (exact) mass is 341 g/mol. The summed E-state index contributed by atoms with van der Waals surface area (Å²) in [5.41, 5.74) is 0.129. The lowest BCUT2D eigenvalue weighted by atomic mass is 9.99. The molecule has 0 atom stereocenters. The largest absolute Gasteiger partial charge is 0.355 e. The molecule has 5 heteroatoms. The van der Waals surface area contributed by atoms with E-state index in [0.29, 0.717) is 5.39 Å². The van der Waals surface area contributed by atoms with Gasteiger partial charge in [-0.2, -0.15) is 0 Å². The molecule has 1 aromatic heterocycles. The minimum Gasteiger partial charge on any atom is -0.355 e. The molecule has 25 heavy (non-hydrogen) atoms. The van der Waals surface area contributed by atoms with E-state index in [1.165, 1.54) is 12.1 Å². The van der Waals surface area contributed by atoms with E-state index < -0.39 is 34.4 Å². The van der Waals surface area contributed by atoms with Gasteiger partial charge in [-0.05, 0) is 23.8 Å². The van der Waals surface area contributed by atoms with E-state index >= 15 is 0 Å². The van der Waals surface area contributed by atoms with Crippen LogP contribution in [0.25, 0.3) is 39.0 Å². The van der Waals surface area contributed by atoms with Crippen LogP contribution >= 0.6 is 0 Å². The number of para-hydroxylation sites is 1. The Kier molecular flexibility index (Phi) is 3.39. The highest BCUT2D eigenvalue weighted by Gasteiger charge is 2.25. The molecule has 0 radical (unpaired) electrons. The van der Waals surface area contributed by atoms with Crippen LogP contribution in [0.1, 0.15) is 5.56 Å². The van der Waals surface area contributed by atoms with Crippen molar-refractivity contribution in [1.82, 2.24) is 4.98 Å². The van der Waals surface area contributed by atoms with Crippen molar-refractivity contribution in [2.45, 2.75) is 0 Å². The molecule has 0 bridgehead atoms. The van der Waals surface area contributed by atoms with Crippen LogP contribution in [0.3, 0.4) is 0 Å². The smallest absolute Gasteiger partial charge is 0.170 e. The standard InChI is InChI=1S/C20H11F4N/c1-2-11-17(21)19(23)16(20(24)18(11)22)10-7-8-15-13(9-10)12-5-3-4-6-14(12)25-15/h2-9,25H,1H2. The molecular formula is C20H11F4N. The minimum atomic E-state index is -1.46. The molecule has 1 nitrogen and oxygen atoms in total. The lowest BCUT2D eigenvalue weighted by Gasteiger charge is -2.10. The summed E-state index contributed by atoms with van der Waals surface area (Å²) in [5.74, 6) is -5.79. The second-order valence-electron chi connectivity index (χ2n) is 5.68. The number of benzene rings is 3. The minimum absolute atomic E-state index is 0.0562. The van der Waals surface area contributed by atoms with Gasteiger partial charge in [-0.1, -0.05) is 36.9 Å². The Labute approximate surface area is 140 Å². The lowest BCUT2D eigenvalue weighted by Crippen LogP contribution is -2.03. The molecule has 4 rings (SSSR count). The zero-order chi connectivity index (χ0) is 17.7. The molecule has 0 saturated heterocycles. The predicted octanol–water partition coefficient (Wildman–Crippen LogP) is 6.19. The number of halogens is 4. The van der Waals surface area contributed by atoms with Gasteiger partial charge >= 0.3 is 0 Å². The Balaban J connectivity index is 2.05. The quantitative estimate of drug-likeness (QED) is 0.331. The van der Waals surface area contributed by atoms with Gasteiger partial charge in [0.25, 0.3) is 0 Å².